The van der Waals surface area contributed by atoms with E-state index in [0.29, 0.717) is 16.9 Å². The van der Waals surface area contributed by atoms with Crippen molar-refractivity contribution in [1.29, 1.82) is 0 Å². The van der Waals surface area contributed by atoms with Gasteiger partial charge in [-0.25, -0.2) is 9.78 Å². The maximum absolute atomic E-state index is 10.7. The van der Waals surface area contributed by atoms with Crippen LogP contribution in [0, 0.1) is 0 Å². The van der Waals surface area contributed by atoms with Crippen molar-refractivity contribution in [1.82, 2.24) is 19.9 Å². The highest BCUT2D eigenvalue weighted by molar-refractivity contribution is 7.10. The Morgan fingerprint density at radius 1 is 1.52 bits per heavy atom. The summed E-state index contributed by atoms with van der Waals surface area (Å²) in [6.07, 6.45) is 0.337. The number of H-pyrrole nitrogens is 1. The number of fused-ring (bicyclic) bond motifs is 1. The van der Waals surface area contributed by atoms with Crippen LogP contribution < -0.4 is 15.8 Å². The summed E-state index contributed by atoms with van der Waals surface area (Å²) in [4.78, 5) is 26.3. The first-order chi connectivity index (χ1) is 10.1. The molecule has 0 saturated heterocycles. The zero-order chi connectivity index (χ0) is 14.8. The Morgan fingerprint density at radius 3 is 3.19 bits per heavy atom. The van der Waals surface area contributed by atoms with E-state index in [4.69, 9.17) is 15.6 Å². The van der Waals surface area contributed by atoms with Crippen molar-refractivity contribution in [2.75, 3.05) is 11.1 Å². The highest BCUT2D eigenvalue weighted by atomic mass is 32.1. The fourth-order valence-electron chi connectivity index (χ4n) is 1.74. The van der Waals surface area contributed by atoms with E-state index in [0.717, 1.165) is 4.88 Å². The quantitative estimate of drug-likeness (QED) is 0.574. The summed E-state index contributed by atoms with van der Waals surface area (Å²) in [7, 11) is 0. The minimum absolute atomic E-state index is 0.0665. The molecular formula is C11H10N6O3S. The molecule has 3 rings (SSSR count). The monoisotopic (exact) mass is 306 g/mol. The summed E-state index contributed by atoms with van der Waals surface area (Å²) >= 11 is 1.37. The van der Waals surface area contributed by atoms with Crippen LogP contribution in [-0.4, -0.2) is 31.1 Å². The molecular weight excluding hydrogens is 296 g/mol. The Kier molecular flexibility index (Phi) is 3.28. The number of aromatic amines is 1. The topological polar surface area (TPSA) is 139 Å². The minimum atomic E-state index is -1.13. The number of anilines is 2. The van der Waals surface area contributed by atoms with Crippen LogP contribution in [0.3, 0.4) is 0 Å². The number of hydrogen-bond acceptors (Lipinski definition) is 7. The van der Waals surface area contributed by atoms with Crippen LogP contribution in [0.4, 0.5) is 16.4 Å². The van der Waals surface area contributed by atoms with Crippen LogP contribution in [0.5, 0.6) is 5.88 Å². The summed E-state index contributed by atoms with van der Waals surface area (Å²) in [5.41, 5.74) is 7.02. The predicted octanol–water partition coefficient (Wildman–Crippen LogP) is 1.67. The van der Waals surface area contributed by atoms with Crippen LogP contribution in [0.1, 0.15) is 4.88 Å². The summed E-state index contributed by atoms with van der Waals surface area (Å²) in [6, 6.07) is 1.66. The molecule has 3 heterocycles. The van der Waals surface area contributed by atoms with Crippen molar-refractivity contribution in [3.05, 3.63) is 22.7 Å². The number of thiophene rings is 1. The van der Waals surface area contributed by atoms with E-state index in [2.05, 4.69) is 25.3 Å². The number of nitrogens with one attached hydrogen (secondary N) is 2. The van der Waals surface area contributed by atoms with Gasteiger partial charge in [-0.05, 0) is 11.4 Å². The average Bonchev–Trinajstić information content (AvgIpc) is 3.04. The molecule has 0 aliphatic carbocycles. The zero-order valence-corrected chi connectivity index (χ0v) is 11.3. The number of hydrogen-bond donors (Lipinski definition) is 4. The fraction of sp³-hybridized carbons (Fsp3) is 0.0909. The van der Waals surface area contributed by atoms with Crippen LogP contribution >= 0.6 is 11.3 Å². The molecule has 0 aliphatic heterocycles. The molecule has 3 aromatic heterocycles. The Hall–Kier alpha value is -2.88. The van der Waals surface area contributed by atoms with Crippen molar-refractivity contribution in [2.24, 2.45) is 0 Å². The summed E-state index contributed by atoms with van der Waals surface area (Å²) < 4.78 is 5.59. The van der Waals surface area contributed by atoms with Crippen molar-refractivity contribution in [3.8, 4) is 5.88 Å². The summed E-state index contributed by atoms with van der Waals surface area (Å²) in [6.45, 7) is 0.145. The molecule has 0 bridgehead atoms. The van der Waals surface area contributed by atoms with Gasteiger partial charge in [-0.15, -0.1) is 11.3 Å². The van der Waals surface area contributed by atoms with E-state index in [-0.39, 0.29) is 18.4 Å². The summed E-state index contributed by atoms with van der Waals surface area (Å²) in [5.74, 6) is 0.310. The lowest BCUT2D eigenvalue weighted by Crippen LogP contribution is -2.09. The van der Waals surface area contributed by atoms with E-state index in [1.54, 1.807) is 11.4 Å². The molecule has 0 aliphatic rings. The molecule has 3 aromatic rings. The first-order valence-electron chi connectivity index (χ1n) is 5.79. The van der Waals surface area contributed by atoms with Gasteiger partial charge in [0.2, 0.25) is 11.8 Å². The second-order valence-electron chi connectivity index (χ2n) is 3.96. The molecule has 0 spiro atoms. The molecule has 5 N–H and O–H groups in total. The van der Waals surface area contributed by atoms with E-state index in [1.807, 2.05) is 0 Å². The number of nitrogen functional groups attached to an aromatic ring is 1. The highest BCUT2D eigenvalue weighted by Crippen LogP contribution is 2.26. The number of carbonyl (C=O) groups is 1. The van der Waals surface area contributed by atoms with E-state index in [9.17, 15) is 4.79 Å². The number of nitrogens with zero attached hydrogens (tertiary/aromatic N) is 3. The molecule has 0 atom stereocenters. The van der Waals surface area contributed by atoms with Gasteiger partial charge in [0.15, 0.2) is 11.2 Å². The van der Waals surface area contributed by atoms with Gasteiger partial charge in [-0.1, -0.05) is 0 Å². The average molecular weight is 306 g/mol. The smallest absolute Gasteiger partial charge is 0.409 e. The standard InChI is InChI=1S/C11H10N6O3S/c12-10-16-8-7(13-4-14-8)9(17-10)20-3-6-5(1-2-21-6)15-11(18)19/h1-2,4,15H,3H2,(H,18,19)(H3,12,13,14,16,17). The fourth-order valence-corrected chi connectivity index (χ4v) is 2.48. The number of nitrogens with two attached hydrogens (primary N) is 1. The predicted molar refractivity (Wildman–Crippen MR) is 76.4 cm³/mol. The van der Waals surface area contributed by atoms with Crippen molar-refractivity contribution in [2.45, 2.75) is 6.61 Å². The molecule has 0 saturated carbocycles. The highest BCUT2D eigenvalue weighted by Gasteiger charge is 2.12. The van der Waals surface area contributed by atoms with Gasteiger partial charge < -0.3 is 20.6 Å². The number of aromatic nitrogens is 4. The molecule has 21 heavy (non-hydrogen) atoms. The maximum Gasteiger partial charge on any atom is 0.409 e. The third-order valence-electron chi connectivity index (χ3n) is 2.59. The van der Waals surface area contributed by atoms with Crippen molar-refractivity contribution in [3.63, 3.8) is 0 Å². The Morgan fingerprint density at radius 2 is 2.38 bits per heavy atom. The largest absolute Gasteiger partial charge is 0.470 e. The normalized spacial score (nSPS) is 10.7. The lowest BCUT2D eigenvalue weighted by atomic mass is 10.4. The molecule has 0 aromatic carbocycles. The van der Waals surface area contributed by atoms with Gasteiger partial charge in [0.1, 0.15) is 6.61 Å². The Labute approximate surface area is 121 Å². The van der Waals surface area contributed by atoms with Crippen LogP contribution in [-0.2, 0) is 6.61 Å². The minimum Gasteiger partial charge on any atom is -0.470 e. The van der Waals surface area contributed by atoms with Gasteiger partial charge in [-0.3, -0.25) is 5.32 Å². The van der Waals surface area contributed by atoms with Crippen molar-refractivity contribution < 1.29 is 14.6 Å². The Bertz CT molecular complexity index is 798. The maximum atomic E-state index is 10.7. The van der Waals surface area contributed by atoms with Crippen LogP contribution in [0.2, 0.25) is 0 Å². The molecule has 9 nitrogen and oxygen atoms in total. The molecule has 108 valence electrons. The van der Waals surface area contributed by atoms with Crippen molar-refractivity contribution >= 4 is 40.2 Å². The molecule has 1 amide bonds. The molecule has 0 radical (unpaired) electrons. The SMILES string of the molecule is Nc1nc(OCc2sccc2NC(=O)O)c2nc[nH]c2n1. The van der Waals surface area contributed by atoms with Gasteiger partial charge in [0.25, 0.3) is 0 Å². The third kappa shape index (κ3) is 2.69. The van der Waals surface area contributed by atoms with Gasteiger partial charge in [-0.2, -0.15) is 9.97 Å². The number of rotatable bonds is 4. The van der Waals surface area contributed by atoms with E-state index < -0.39 is 6.09 Å². The second kappa shape index (κ2) is 5.25. The lowest BCUT2D eigenvalue weighted by molar-refractivity contribution is 0.209. The number of amides is 1. The summed E-state index contributed by atoms with van der Waals surface area (Å²) in [5, 5.41) is 12.8. The molecule has 10 heteroatoms. The van der Waals surface area contributed by atoms with Crippen LogP contribution in [0.15, 0.2) is 17.8 Å². The Balaban J connectivity index is 1.82. The number of ether oxygens (including phenoxy) is 1. The molecule has 0 fully saturated rings. The first-order valence-corrected chi connectivity index (χ1v) is 6.67. The lowest BCUT2D eigenvalue weighted by Gasteiger charge is -2.07. The van der Waals surface area contributed by atoms with E-state index in [1.165, 1.54) is 17.7 Å². The third-order valence-corrected chi connectivity index (χ3v) is 3.49. The zero-order valence-electron chi connectivity index (χ0n) is 10.5. The first kappa shape index (κ1) is 13.1. The van der Waals surface area contributed by atoms with Gasteiger partial charge in [0, 0.05) is 0 Å². The second-order valence-corrected chi connectivity index (χ2v) is 4.96. The van der Waals surface area contributed by atoms with Gasteiger partial charge >= 0.3 is 6.09 Å². The number of carboxylic acid groups (broad SMARTS) is 1. The van der Waals surface area contributed by atoms with Gasteiger partial charge in [0.05, 0.1) is 16.9 Å². The van der Waals surface area contributed by atoms with E-state index >= 15 is 0 Å². The number of imidazole rings is 1. The van der Waals surface area contributed by atoms with Crippen LogP contribution in [0.25, 0.3) is 11.2 Å². The molecule has 0 unspecified atom stereocenters.